The van der Waals surface area contributed by atoms with Crippen LogP contribution < -0.4 is 5.14 Å². The normalized spacial score (nSPS) is 11.4. The summed E-state index contributed by atoms with van der Waals surface area (Å²) in [7, 11) is -4.20. The molecule has 0 fully saturated rings. The molecule has 0 amide bonds. The van der Waals surface area contributed by atoms with E-state index in [9.17, 15) is 23.6 Å². The van der Waals surface area contributed by atoms with Crippen molar-refractivity contribution in [1.29, 1.82) is 0 Å². The van der Waals surface area contributed by atoms with Gasteiger partial charge in [0.2, 0.25) is 10.0 Å². The van der Waals surface area contributed by atoms with E-state index < -0.39 is 25.5 Å². The number of sulfonamides is 1. The summed E-state index contributed by atoms with van der Waals surface area (Å²) in [5, 5.41) is 25.6. The molecule has 2 aromatic carbocycles. The molecule has 0 unspecified atom stereocenters. The standard InChI is InChI=1S/C14H14N2O5S/c15-22(20,21)13-7-3-6-11(14(13)16(18)19)8-10-4-1-2-5-12(10)9-17/h1-7,17H,8-9H2,(H2,15,20,21). The van der Waals surface area contributed by atoms with Crippen molar-refractivity contribution in [2.24, 2.45) is 5.14 Å². The van der Waals surface area contributed by atoms with Crippen LogP contribution in [-0.2, 0) is 23.1 Å². The zero-order valence-corrected chi connectivity index (χ0v) is 12.3. The molecule has 0 aliphatic heterocycles. The molecule has 0 aliphatic carbocycles. The number of hydrogen-bond acceptors (Lipinski definition) is 5. The van der Waals surface area contributed by atoms with E-state index in [1.54, 1.807) is 24.3 Å². The smallest absolute Gasteiger partial charge is 0.292 e. The number of hydrogen-bond donors (Lipinski definition) is 2. The Labute approximate surface area is 127 Å². The zero-order valence-electron chi connectivity index (χ0n) is 11.5. The van der Waals surface area contributed by atoms with E-state index >= 15 is 0 Å². The number of nitrogens with zero attached hydrogens (tertiary/aromatic N) is 1. The largest absolute Gasteiger partial charge is 0.392 e. The van der Waals surface area contributed by atoms with Crippen LogP contribution in [0.2, 0.25) is 0 Å². The highest BCUT2D eigenvalue weighted by molar-refractivity contribution is 7.89. The second-order valence-electron chi connectivity index (χ2n) is 4.67. The van der Waals surface area contributed by atoms with Crippen molar-refractivity contribution in [1.82, 2.24) is 0 Å². The SMILES string of the molecule is NS(=O)(=O)c1cccc(Cc2ccccc2CO)c1[N+](=O)[O-]. The average Bonchev–Trinajstić information content (AvgIpc) is 2.46. The predicted octanol–water partition coefficient (Wildman–Crippen LogP) is 1.33. The number of aliphatic hydroxyl groups excluding tert-OH is 1. The highest BCUT2D eigenvalue weighted by Gasteiger charge is 2.26. The van der Waals surface area contributed by atoms with Crippen molar-refractivity contribution >= 4 is 15.7 Å². The average molecular weight is 322 g/mol. The van der Waals surface area contributed by atoms with Crippen LogP contribution in [0.4, 0.5) is 5.69 Å². The summed E-state index contributed by atoms with van der Waals surface area (Å²) in [6.45, 7) is -0.209. The molecular formula is C14H14N2O5S. The lowest BCUT2D eigenvalue weighted by atomic mass is 9.99. The molecule has 0 aromatic heterocycles. The number of benzene rings is 2. The fourth-order valence-corrected chi connectivity index (χ4v) is 2.98. The van der Waals surface area contributed by atoms with Gasteiger partial charge in [-0.3, -0.25) is 10.1 Å². The van der Waals surface area contributed by atoms with Gasteiger partial charge in [0.25, 0.3) is 5.69 Å². The second-order valence-corrected chi connectivity index (χ2v) is 6.20. The van der Waals surface area contributed by atoms with E-state index in [-0.39, 0.29) is 18.6 Å². The van der Waals surface area contributed by atoms with Gasteiger partial charge in [-0.05, 0) is 17.2 Å². The molecule has 0 saturated carbocycles. The van der Waals surface area contributed by atoms with Crippen LogP contribution in [0.15, 0.2) is 47.4 Å². The molecule has 0 heterocycles. The second kappa shape index (κ2) is 6.22. The van der Waals surface area contributed by atoms with Gasteiger partial charge in [-0.1, -0.05) is 36.4 Å². The molecule has 2 rings (SSSR count). The molecule has 0 spiro atoms. The van der Waals surface area contributed by atoms with Gasteiger partial charge in [0, 0.05) is 12.0 Å². The van der Waals surface area contributed by atoms with Crippen LogP contribution in [0.3, 0.4) is 0 Å². The van der Waals surface area contributed by atoms with E-state index in [0.29, 0.717) is 11.1 Å². The summed E-state index contributed by atoms with van der Waals surface area (Å²) in [6.07, 6.45) is 0.121. The maximum Gasteiger partial charge on any atom is 0.292 e. The molecular weight excluding hydrogens is 308 g/mol. The van der Waals surface area contributed by atoms with Gasteiger partial charge in [0.15, 0.2) is 4.90 Å². The highest BCUT2D eigenvalue weighted by Crippen LogP contribution is 2.29. The third-order valence-corrected chi connectivity index (χ3v) is 4.18. The zero-order chi connectivity index (χ0) is 16.3. The van der Waals surface area contributed by atoms with E-state index in [1.807, 2.05) is 0 Å². The van der Waals surface area contributed by atoms with Gasteiger partial charge < -0.3 is 5.11 Å². The maximum atomic E-state index is 11.5. The summed E-state index contributed by atoms with van der Waals surface area (Å²) in [6, 6.07) is 10.9. The van der Waals surface area contributed by atoms with Crippen LogP contribution in [0.5, 0.6) is 0 Å². The predicted molar refractivity (Wildman–Crippen MR) is 79.6 cm³/mol. The maximum absolute atomic E-state index is 11.5. The van der Waals surface area contributed by atoms with Crippen molar-refractivity contribution < 1.29 is 18.4 Å². The fraction of sp³-hybridized carbons (Fsp3) is 0.143. The van der Waals surface area contributed by atoms with Crippen molar-refractivity contribution in [2.45, 2.75) is 17.9 Å². The Hall–Kier alpha value is -2.29. The number of nitro benzene ring substituents is 1. The van der Waals surface area contributed by atoms with Gasteiger partial charge >= 0.3 is 0 Å². The van der Waals surface area contributed by atoms with E-state index in [0.717, 1.165) is 6.07 Å². The summed E-state index contributed by atoms with van der Waals surface area (Å²) < 4.78 is 23.0. The highest BCUT2D eigenvalue weighted by atomic mass is 32.2. The molecule has 8 heteroatoms. The number of primary sulfonamides is 1. The number of aliphatic hydroxyl groups is 1. The molecule has 0 radical (unpaired) electrons. The Kier molecular flexibility index (Phi) is 4.55. The Morgan fingerprint density at radius 3 is 2.18 bits per heavy atom. The molecule has 3 N–H and O–H groups in total. The van der Waals surface area contributed by atoms with Gasteiger partial charge in [0.1, 0.15) is 0 Å². The first-order valence-electron chi connectivity index (χ1n) is 6.31. The van der Waals surface area contributed by atoms with Crippen LogP contribution in [0, 0.1) is 10.1 Å². The molecule has 22 heavy (non-hydrogen) atoms. The number of nitro groups is 1. The molecule has 0 atom stereocenters. The topological polar surface area (TPSA) is 124 Å². The summed E-state index contributed by atoms with van der Waals surface area (Å²) in [5.41, 5.74) is 0.993. The van der Waals surface area contributed by atoms with Crippen molar-refractivity contribution in [3.8, 4) is 0 Å². The Morgan fingerprint density at radius 2 is 1.64 bits per heavy atom. The summed E-state index contributed by atoms with van der Waals surface area (Å²) >= 11 is 0. The van der Waals surface area contributed by atoms with Gasteiger partial charge in [-0.25, -0.2) is 13.6 Å². The van der Waals surface area contributed by atoms with Crippen molar-refractivity contribution in [2.75, 3.05) is 0 Å². The minimum absolute atomic E-state index is 0.121. The number of para-hydroxylation sites is 1. The molecule has 0 saturated heterocycles. The van der Waals surface area contributed by atoms with E-state index in [4.69, 9.17) is 5.14 Å². The molecule has 7 nitrogen and oxygen atoms in total. The Bertz CT molecular complexity index is 818. The third-order valence-electron chi connectivity index (χ3n) is 3.24. The quantitative estimate of drug-likeness (QED) is 0.635. The lowest BCUT2D eigenvalue weighted by molar-refractivity contribution is -0.388. The van der Waals surface area contributed by atoms with Crippen LogP contribution >= 0.6 is 0 Å². The first kappa shape index (κ1) is 16.1. The monoisotopic (exact) mass is 322 g/mol. The minimum Gasteiger partial charge on any atom is -0.392 e. The number of nitrogens with two attached hydrogens (primary N) is 1. The van der Waals surface area contributed by atoms with Crippen LogP contribution in [0.1, 0.15) is 16.7 Å². The molecule has 0 aliphatic rings. The Balaban J connectivity index is 2.59. The van der Waals surface area contributed by atoms with E-state index in [1.165, 1.54) is 12.1 Å². The van der Waals surface area contributed by atoms with Gasteiger partial charge in [-0.2, -0.15) is 0 Å². The molecule has 116 valence electrons. The molecule has 0 bridgehead atoms. The van der Waals surface area contributed by atoms with E-state index in [2.05, 4.69) is 0 Å². The van der Waals surface area contributed by atoms with Crippen LogP contribution in [-0.4, -0.2) is 18.4 Å². The lowest BCUT2D eigenvalue weighted by Gasteiger charge is -2.09. The van der Waals surface area contributed by atoms with Crippen LogP contribution in [0.25, 0.3) is 0 Å². The fourth-order valence-electron chi connectivity index (χ4n) is 2.24. The lowest BCUT2D eigenvalue weighted by Crippen LogP contribution is -2.15. The summed E-state index contributed by atoms with van der Waals surface area (Å²) in [5.74, 6) is 0. The first-order chi connectivity index (χ1) is 10.3. The number of rotatable bonds is 5. The summed E-state index contributed by atoms with van der Waals surface area (Å²) in [4.78, 5) is 10.00. The van der Waals surface area contributed by atoms with Crippen molar-refractivity contribution in [3.63, 3.8) is 0 Å². The van der Waals surface area contributed by atoms with Gasteiger partial charge in [-0.15, -0.1) is 0 Å². The third kappa shape index (κ3) is 3.30. The Morgan fingerprint density at radius 1 is 1.05 bits per heavy atom. The minimum atomic E-state index is -4.20. The van der Waals surface area contributed by atoms with Gasteiger partial charge in [0.05, 0.1) is 11.5 Å². The van der Waals surface area contributed by atoms with Crippen molar-refractivity contribution in [3.05, 3.63) is 69.3 Å². The first-order valence-corrected chi connectivity index (χ1v) is 7.86. The molecule has 2 aromatic rings.